The lowest BCUT2D eigenvalue weighted by Crippen LogP contribution is -2.19. The lowest BCUT2D eigenvalue weighted by atomic mass is 10.1. The van der Waals surface area contributed by atoms with E-state index in [1.54, 1.807) is 11.3 Å². The van der Waals surface area contributed by atoms with Crippen molar-refractivity contribution >= 4 is 11.3 Å². The average molecular weight is 340 g/mol. The Labute approximate surface area is 138 Å². The van der Waals surface area contributed by atoms with Crippen LogP contribution >= 0.6 is 11.3 Å². The van der Waals surface area contributed by atoms with Gasteiger partial charge < -0.3 is 9.47 Å². The molecule has 0 radical (unpaired) electrons. The maximum absolute atomic E-state index is 8.37. The molecule has 0 amide bonds. The summed E-state index contributed by atoms with van der Waals surface area (Å²) in [7, 11) is 0. The van der Waals surface area contributed by atoms with Gasteiger partial charge in [-0.1, -0.05) is 30.3 Å². The molecule has 0 aliphatic heterocycles. The van der Waals surface area contributed by atoms with Crippen LogP contribution in [0.4, 0.5) is 0 Å². The first kappa shape index (κ1) is 18.0. The topological polar surface area (TPSA) is 84.3 Å². The number of hydrogen-bond acceptors (Lipinski definition) is 8. The molecule has 23 heavy (non-hydrogen) atoms. The van der Waals surface area contributed by atoms with Gasteiger partial charge in [0, 0.05) is 0 Å². The Bertz CT molecular complexity index is 564. The molecule has 0 saturated carbocycles. The molecule has 1 aromatic carbocycles. The molecule has 0 fully saturated rings. The minimum Gasteiger partial charge on any atom is -0.377 e. The molecule has 1 aromatic heterocycles. The molecule has 0 spiro atoms. The summed E-state index contributed by atoms with van der Waals surface area (Å²) in [6.07, 6.45) is -0.172. The van der Waals surface area contributed by atoms with Crippen LogP contribution in [-0.4, -0.2) is 47.2 Å². The molecule has 0 aliphatic carbocycles. The standard InChI is InChI=1S/C15H20N2O5S/c1-12-15(23-11-16-12)14(13-5-3-2-4-6-13)21-9-7-20-8-10-22-17(18)19/h2-6,11,14,18-19H,7-10H2,1H3. The van der Waals surface area contributed by atoms with Gasteiger partial charge in [0.1, 0.15) is 6.10 Å². The summed E-state index contributed by atoms with van der Waals surface area (Å²) in [6, 6.07) is 9.97. The van der Waals surface area contributed by atoms with E-state index in [4.69, 9.17) is 19.9 Å². The molecular weight excluding hydrogens is 320 g/mol. The van der Waals surface area contributed by atoms with Gasteiger partial charge in [-0.3, -0.25) is 10.4 Å². The van der Waals surface area contributed by atoms with E-state index in [1.807, 2.05) is 42.8 Å². The van der Waals surface area contributed by atoms with E-state index in [9.17, 15) is 0 Å². The normalized spacial score (nSPS) is 12.7. The number of aryl methyl sites for hydroxylation is 1. The van der Waals surface area contributed by atoms with Crippen molar-refractivity contribution in [1.29, 1.82) is 0 Å². The SMILES string of the molecule is Cc1ncsc1C(OCCOCCON(O)O)c1ccccc1. The molecule has 1 unspecified atom stereocenters. The summed E-state index contributed by atoms with van der Waals surface area (Å²) in [6.45, 7) is 3.02. The van der Waals surface area contributed by atoms with Gasteiger partial charge in [-0.2, -0.15) is 0 Å². The highest BCUT2D eigenvalue weighted by atomic mass is 32.1. The van der Waals surface area contributed by atoms with Gasteiger partial charge in [-0.15, -0.1) is 11.3 Å². The van der Waals surface area contributed by atoms with E-state index in [-0.39, 0.29) is 24.7 Å². The highest BCUT2D eigenvalue weighted by Crippen LogP contribution is 2.30. The molecule has 1 atom stereocenters. The summed E-state index contributed by atoms with van der Waals surface area (Å²) in [5.41, 5.74) is 3.84. The zero-order chi connectivity index (χ0) is 16.5. The summed E-state index contributed by atoms with van der Waals surface area (Å²) in [4.78, 5) is 9.75. The lowest BCUT2D eigenvalue weighted by Gasteiger charge is -2.18. The van der Waals surface area contributed by atoms with Crippen LogP contribution in [0.25, 0.3) is 0 Å². The Morgan fingerprint density at radius 2 is 1.87 bits per heavy atom. The number of nitrogens with zero attached hydrogens (tertiary/aromatic N) is 2. The second kappa shape index (κ2) is 9.68. The smallest absolute Gasteiger partial charge is 0.119 e. The minimum absolute atomic E-state index is 0.0447. The number of benzene rings is 1. The molecule has 0 aliphatic rings. The zero-order valence-electron chi connectivity index (χ0n) is 12.8. The Kier molecular flexibility index (Phi) is 7.56. The van der Waals surface area contributed by atoms with Gasteiger partial charge in [-0.25, -0.2) is 9.82 Å². The van der Waals surface area contributed by atoms with Gasteiger partial charge in [0.25, 0.3) is 0 Å². The Hall–Kier alpha value is -1.39. The van der Waals surface area contributed by atoms with E-state index < -0.39 is 0 Å². The predicted octanol–water partition coefficient (Wildman–Crippen LogP) is 2.59. The molecule has 1 heterocycles. The summed E-state index contributed by atoms with van der Waals surface area (Å²) >= 11 is 1.57. The van der Waals surface area contributed by atoms with E-state index in [2.05, 4.69) is 9.82 Å². The molecule has 2 N–H and O–H groups in total. The van der Waals surface area contributed by atoms with E-state index in [0.717, 1.165) is 16.1 Å². The zero-order valence-corrected chi connectivity index (χ0v) is 13.6. The quantitative estimate of drug-likeness (QED) is 0.508. The molecule has 2 rings (SSSR count). The fraction of sp³-hybridized carbons (Fsp3) is 0.400. The van der Waals surface area contributed by atoms with Crippen molar-refractivity contribution in [3.63, 3.8) is 0 Å². The third kappa shape index (κ3) is 5.96. The van der Waals surface area contributed by atoms with Gasteiger partial charge in [-0.05, 0) is 12.5 Å². The van der Waals surface area contributed by atoms with Crippen LogP contribution in [0.2, 0.25) is 0 Å². The van der Waals surface area contributed by atoms with Crippen LogP contribution in [0, 0.1) is 6.92 Å². The van der Waals surface area contributed by atoms with Crippen LogP contribution < -0.4 is 0 Å². The Morgan fingerprint density at radius 1 is 1.13 bits per heavy atom. The predicted molar refractivity (Wildman–Crippen MR) is 83.3 cm³/mol. The maximum Gasteiger partial charge on any atom is 0.119 e. The molecule has 7 nitrogen and oxygen atoms in total. The largest absolute Gasteiger partial charge is 0.377 e. The Balaban J connectivity index is 1.84. The van der Waals surface area contributed by atoms with E-state index in [0.29, 0.717) is 13.2 Å². The third-order valence-corrected chi connectivity index (χ3v) is 4.04. The van der Waals surface area contributed by atoms with Gasteiger partial charge >= 0.3 is 0 Å². The first-order valence-electron chi connectivity index (χ1n) is 7.13. The van der Waals surface area contributed by atoms with Crippen LogP contribution in [0.3, 0.4) is 0 Å². The summed E-state index contributed by atoms with van der Waals surface area (Å²) in [5, 5.41) is 16.4. The first-order chi connectivity index (χ1) is 11.2. The van der Waals surface area contributed by atoms with Crippen molar-refractivity contribution in [1.82, 2.24) is 10.4 Å². The monoisotopic (exact) mass is 340 g/mol. The van der Waals surface area contributed by atoms with Gasteiger partial charge in [0.15, 0.2) is 0 Å². The molecule has 126 valence electrons. The molecule has 8 heteroatoms. The van der Waals surface area contributed by atoms with Crippen LogP contribution in [0.1, 0.15) is 22.2 Å². The fourth-order valence-corrected chi connectivity index (χ4v) is 2.89. The summed E-state index contributed by atoms with van der Waals surface area (Å²) < 4.78 is 11.3. The van der Waals surface area contributed by atoms with Crippen molar-refractivity contribution in [2.24, 2.45) is 0 Å². The van der Waals surface area contributed by atoms with Crippen molar-refractivity contribution in [2.75, 3.05) is 26.4 Å². The number of rotatable bonds is 10. The fourth-order valence-electron chi connectivity index (χ4n) is 2.02. The van der Waals surface area contributed by atoms with E-state index in [1.165, 1.54) is 0 Å². The molecule has 0 bridgehead atoms. The average Bonchev–Trinajstić information content (AvgIpc) is 2.96. The second-order valence-electron chi connectivity index (χ2n) is 4.66. The molecule has 0 saturated heterocycles. The van der Waals surface area contributed by atoms with Crippen molar-refractivity contribution in [3.8, 4) is 0 Å². The van der Waals surface area contributed by atoms with Crippen LogP contribution in [-0.2, 0) is 14.3 Å². The minimum atomic E-state index is -0.335. The van der Waals surface area contributed by atoms with Gasteiger partial charge in [0.05, 0.1) is 47.9 Å². The van der Waals surface area contributed by atoms with Crippen molar-refractivity contribution in [3.05, 3.63) is 52.0 Å². The molecular formula is C15H20N2O5S. The third-order valence-electron chi connectivity index (χ3n) is 3.07. The summed E-state index contributed by atoms with van der Waals surface area (Å²) in [5.74, 6) is 0. The van der Waals surface area contributed by atoms with Crippen molar-refractivity contribution < 1.29 is 24.7 Å². The van der Waals surface area contributed by atoms with Crippen LogP contribution in [0.15, 0.2) is 35.8 Å². The highest BCUT2D eigenvalue weighted by Gasteiger charge is 2.18. The first-order valence-corrected chi connectivity index (χ1v) is 8.01. The van der Waals surface area contributed by atoms with Crippen molar-refractivity contribution in [2.45, 2.75) is 13.0 Å². The van der Waals surface area contributed by atoms with E-state index >= 15 is 0 Å². The maximum atomic E-state index is 8.37. The van der Waals surface area contributed by atoms with Gasteiger partial charge in [0.2, 0.25) is 0 Å². The number of aromatic nitrogens is 1. The number of thiazole rings is 1. The number of hydrogen-bond donors (Lipinski definition) is 2. The second-order valence-corrected chi connectivity index (χ2v) is 5.55. The Morgan fingerprint density at radius 3 is 2.52 bits per heavy atom. The highest BCUT2D eigenvalue weighted by molar-refractivity contribution is 7.09. The number of ether oxygens (including phenoxy) is 2. The lowest BCUT2D eigenvalue weighted by molar-refractivity contribution is -0.493. The van der Waals surface area contributed by atoms with Crippen LogP contribution in [0.5, 0.6) is 0 Å². The molecule has 2 aromatic rings.